The highest BCUT2D eigenvalue weighted by Gasteiger charge is 2.39. The quantitative estimate of drug-likeness (QED) is 0.372. The molecule has 0 atom stereocenters. The van der Waals surface area contributed by atoms with E-state index in [0.29, 0.717) is 36.2 Å². The lowest BCUT2D eigenvalue weighted by Crippen LogP contribution is -2.51. The Hall–Kier alpha value is -1.15. The number of hydrogen-bond acceptors (Lipinski definition) is 5. The van der Waals surface area contributed by atoms with E-state index in [0.717, 1.165) is 0 Å². The summed E-state index contributed by atoms with van der Waals surface area (Å²) in [7, 11) is 0. The predicted octanol–water partition coefficient (Wildman–Crippen LogP) is 2.13. The summed E-state index contributed by atoms with van der Waals surface area (Å²) in [5.74, 6) is 0.154. The largest absolute Gasteiger partial charge is 0.457 e. The molecule has 0 bridgehead atoms. The van der Waals surface area contributed by atoms with Crippen LogP contribution in [0.5, 0.6) is 0 Å². The molecule has 0 radical (unpaired) electrons. The second kappa shape index (κ2) is 6.09. The molecular formula is C12H16BrN3O3S. The van der Waals surface area contributed by atoms with Gasteiger partial charge in [-0.1, -0.05) is 5.16 Å². The number of carbonyl (C=O) groups excluding carboxylic acids is 1. The highest BCUT2D eigenvalue weighted by molar-refractivity contribution is 9.10. The van der Waals surface area contributed by atoms with Gasteiger partial charge in [0.1, 0.15) is 0 Å². The van der Waals surface area contributed by atoms with E-state index >= 15 is 0 Å². The van der Waals surface area contributed by atoms with Crippen molar-refractivity contribution in [2.75, 3.05) is 19.3 Å². The molecule has 0 saturated carbocycles. The lowest BCUT2D eigenvalue weighted by Gasteiger charge is -2.39. The van der Waals surface area contributed by atoms with Crippen molar-refractivity contribution in [3.63, 3.8) is 0 Å². The van der Waals surface area contributed by atoms with E-state index in [1.165, 1.54) is 6.26 Å². The highest BCUT2D eigenvalue weighted by atomic mass is 79.9. The Morgan fingerprint density at radius 2 is 2.25 bits per heavy atom. The third kappa shape index (κ3) is 2.67. The van der Waals surface area contributed by atoms with Crippen LogP contribution in [-0.4, -0.2) is 45.9 Å². The van der Waals surface area contributed by atoms with Gasteiger partial charge >= 0.3 is 0 Å². The smallest absolute Gasteiger partial charge is 0.258 e. The van der Waals surface area contributed by atoms with Crippen LogP contribution in [0.25, 0.3) is 0 Å². The summed E-state index contributed by atoms with van der Waals surface area (Å²) in [5.41, 5.74) is 6.31. The first-order chi connectivity index (χ1) is 9.54. The first kappa shape index (κ1) is 15.2. The molecule has 6 nitrogen and oxygen atoms in total. The van der Waals surface area contributed by atoms with Gasteiger partial charge in [0.25, 0.3) is 5.91 Å². The number of carbonyl (C=O) groups is 1. The van der Waals surface area contributed by atoms with Gasteiger partial charge in [-0.15, -0.1) is 0 Å². The van der Waals surface area contributed by atoms with Crippen LogP contribution in [0.15, 0.2) is 26.6 Å². The van der Waals surface area contributed by atoms with E-state index in [9.17, 15) is 4.79 Å². The molecule has 110 valence electrons. The molecule has 1 aliphatic heterocycles. The van der Waals surface area contributed by atoms with Gasteiger partial charge in [0.15, 0.2) is 10.5 Å². The van der Waals surface area contributed by atoms with E-state index in [1.807, 2.05) is 6.26 Å². The van der Waals surface area contributed by atoms with Gasteiger partial charge in [-0.05, 0) is 41.1 Å². The molecule has 20 heavy (non-hydrogen) atoms. The molecule has 1 fully saturated rings. The van der Waals surface area contributed by atoms with Gasteiger partial charge in [0.2, 0.25) is 0 Å². The minimum Gasteiger partial charge on any atom is -0.457 e. The molecule has 8 heteroatoms. The van der Waals surface area contributed by atoms with Crippen molar-refractivity contribution in [3.05, 3.63) is 22.6 Å². The van der Waals surface area contributed by atoms with Gasteiger partial charge in [-0.2, -0.15) is 11.8 Å². The number of piperidine rings is 1. The maximum absolute atomic E-state index is 12.3. The summed E-state index contributed by atoms with van der Waals surface area (Å²) in [6.07, 6.45) is 4.72. The van der Waals surface area contributed by atoms with Crippen LogP contribution in [-0.2, 0) is 0 Å². The van der Waals surface area contributed by atoms with Crippen molar-refractivity contribution in [1.82, 2.24) is 4.90 Å². The third-order valence-electron chi connectivity index (χ3n) is 3.67. The van der Waals surface area contributed by atoms with Crippen LogP contribution in [0, 0.1) is 0 Å². The van der Waals surface area contributed by atoms with Crippen LogP contribution in [0.2, 0.25) is 0 Å². The standard InChI is InChI=1S/C12H16BrN3O3S/c1-20-12(11(14)15-18)3-5-16(6-4-12)10(17)8-2-7-19-9(8)13/h2,7,18H,3-6H2,1H3,(H2,14,15). The van der Waals surface area contributed by atoms with Crippen LogP contribution in [0.3, 0.4) is 0 Å². The number of nitrogens with two attached hydrogens (primary N) is 1. The molecule has 1 aliphatic rings. The number of oxime groups is 1. The second-order valence-electron chi connectivity index (χ2n) is 4.58. The minimum absolute atomic E-state index is 0.0696. The number of nitrogens with zero attached hydrogens (tertiary/aromatic N) is 2. The molecule has 0 aromatic carbocycles. The first-order valence-electron chi connectivity index (χ1n) is 6.09. The Morgan fingerprint density at radius 1 is 1.60 bits per heavy atom. The average molecular weight is 362 g/mol. The number of hydrogen-bond donors (Lipinski definition) is 2. The topological polar surface area (TPSA) is 92.1 Å². The van der Waals surface area contributed by atoms with Crippen LogP contribution < -0.4 is 5.73 Å². The van der Waals surface area contributed by atoms with Crippen molar-refractivity contribution in [2.45, 2.75) is 17.6 Å². The van der Waals surface area contributed by atoms with Crippen LogP contribution in [0.1, 0.15) is 23.2 Å². The molecule has 2 heterocycles. The molecule has 3 N–H and O–H groups in total. The van der Waals surface area contributed by atoms with E-state index in [2.05, 4.69) is 21.1 Å². The Labute approximate surface area is 129 Å². The zero-order valence-electron chi connectivity index (χ0n) is 11.0. The van der Waals surface area contributed by atoms with Gasteiger partial charge in [0, 0.05) is 13.1 Å². The summed E-state index contributed by atoms with van der Waals surface area (Å²) in [5, 5.41) is 12.0. The Bertz CT molecular complexity index is 524. The maximum Gasteiger partial charge on any atom is 0.258 e. The second-order valence-corrected chi connectivity index (χ2v) is 6.49. The van der Waals surface area contributed by atoms with Crippen molar-refractivity contribution >= 4 is 39.4 Å². The molecule has 1 amide bonds. The van der Waals surface area contributed by atoms with E-state index in [-0.39, 0.29) is 16.5 Å². The average Bonchev–Trinajstić information content (AvgIpc) is 2.91. The number of likely N-dealkylation sites (tertiary alicyclic amines) is 1. The predicted molar refractivity (Wildman–Crippen MR) is 81.2 cm³/mol. The van der Waals surface area contributed by atoms with Crippen molar-refractivity contribution in [3.8, 4) is 0 Å². The van der Waals surface area contributed by atoms with Gasteiger partial charge < -0.3 is 20.3 Å². The summed E-state index contributed by atoms with van der Waals surface area (Å²) in [4.78, 5) is 14.1. The SMILES string of the molecule is CSC1(/C(N)=N/O)CCN(C(=O)c2ccoc2Br)CC1. The fraction of sp³-hybridized carbons (Fsp3) is 0.500. The van der Waals surface area contributed by atoms with E-state index in [1.54, 1.807) is 22.7 Å². The molecule has 1 aromatic rings. The Balaban J connectivity index is 2.08. The third-order valence-corrected chi connectivity index (χ3v) is 5.68. The van der Waals surface area contributed by atoms with Crippen molar-refractivity contribution in [1.29, 1.82) is 0 Å². The Kier molecular flexibility index (Phi) is 4.64. The van der Waals surface area contributed by atoms with Crippen molar-refractivity contribution < 1.29 is 14.4 Å². The van der Waals surface area contributed by atoms with E-state index in [4.69, 9.17) is 15.4 Å². The fourth-order valence-electron chi connectivity index (χ4n) is 2.34. The number of furan rings is 1. The van der Waals surface area contributed by atoms with E-state index < -0.39 is 0 Å². The summed E-state index contributed by atoms with van der Waals surface area (Å²) in [6, 6.07) is 1.65. The summed E-state index contributed by atoms with van der Waals surface area (Å²) in [6.45, 7) is 1.13. The normalized spacial score (nSPS) is 19.1. The van der Waals surface area contributed by atoms with Crippen LogP contribution in [0.4, 0.5) is 0 Å². The van der Waals surface area contributed by atoms with Crippen molar-refractivity contribution in [2.24, 2.45) is 10.9 Å². The summed E-state index contributed by atoms with van der Waals surface area (Å²) < 4.78 is 5.14. The highest BCUT2D eigenvalue weighted by Crippen LogP contribution is 2.35. The molecule has 0 spiro atoms. The number of amidine groups is 1. The molecular weight excluding hydrogens is 346 g/mol. The monoisotopic (exact) mass is 361 g/mol. The first-order valence-corrected chi connectivity index (χ1v) is 8.11. The summed E-state index contributed by atoms with van der Waals surface area (Å²) >= 11 is 4.77. The number of thioether (sulfide) groups is 1. The van der Waals surface area contributed by atoms with Gasteiger partial charge in [-0.3, -0.25) is 4.79 Å². The molecule has 0 unspecified atom stereocenters. The minimum atomic E-state index is -0.390. The van der Waals surface area contributed by atoms with Crippen LogP contribution >= 0.6 is 27.7 Å². The lowest BCUT2D eigenvalue weighted by atomic mass is 9.94. The molecule has 1 saturated heterocycles. The van der Waals surface area contributed by atoms with Gasteiger partial charge in [-0.25, -0.2) is 0 Å². The molecule has 0 aliphatic carbocycles. The zero-order valence-corrected chi connectivity index (χ0v) is 13.4. The number of halogens is 1. The fourth-order valence-corrected chi connectivity index (χ4v) is 3.59. The zero-order chi connectivity index (χ0) is 14.8. The number of rotatable bonds is 3. The molecule has 2 rings (SSSR count). The Morgan fingerprint density at radius 3 is 2.70 bits per heavy atom. The van der Waals surface area contributed by atoms with Gasteiger partial charge in [0.05, 0.1) is 16.6 Å². The maximum atomic E-state index is 12.3. The molecule has 1 aromatic heterocycles. The number of amides is 1. The lowest BCUT2D eigenvalue weighted by molar-refractivity contribution is 0.0716.